The van der Waals surface area contributed by atoms with Gasteiger partial charge in [-0.2, -0.15) is 0 Å². The number of rotatable bonds is 6. The van der Waals surface area contributed by atoms with Crippen LogP contribution in [-0.2, 0) is 0 Å². The molecule has 0 aromatic carbocycles. The van der Waals surface area contributed by atoms with E-state index in [0.29, 0.717) is 0 Å². The third-order valence-electron chi connectivity index (χ3n) is 3.09. The van der Waals surface area contributed by atoms with Crippen molar-refractivity contribution >= 4 is 21.4 Å². The Kier molecular flexibility index (Phi) is 7.16. The van der Waals surface area contributed by atoms with Crippen molar-refractivity contribution in [1.82, 2.24) is 0 Å². The van der Waals surface area contributed by atoms with E-state index in [1.165, 1.54) is 32.1 Å². The molecule has 0 N–H and O–H groups in total. The summed E-state index contributed by atoms with van der Waals surface area (Å²) in [7, 11) is 0. The molecule has 0 aromatic rings. The van der Waals surface area contributed by atoms with E-state index in [1.54, 1.807) is 19.0 Å². The number of hydrogen-bond donors (Lipinski definition) is 0. The first kappa shape index (κ1) is 11.7. The van der Waals surface area contributed by atoms with Gasteiger partial charge in [-0.05, 0) is 0 Å². The summed E-state index contributed by atoms with van der Waals surface area (Å²) in [6, 6.07) is 0. The van der Waals surface area contributed by atoms with E-state index < -0.39 is 21.4 Å². The summed E-state index contributed by atoms with van der Waals surface area (Å²) < 4.78 is 4.91. The molecule has 0 bridgehead atoms. The van der Waals surface area contributed by atoms with Crippen LogP contribution in [0.15, 0.2) is 12.2 Å². The van der Waals surface area contributed by atoms with Gasteiger partial charge in [-0.25, -0.2) is 0 Å². The second-order valence-electron chi connectivity index (χ2n) is 4.35. The molecule has 0 radical (unpaired) electrons. The number of hydrogen-bond acceptors (Lipinski definition) is 0. The average molecular weight is 282 g/mol. The fourth-order valence-electron chi connectivity index (χ4n) is 2.16. The molecule has 0 amide bonds. The van der Waals surface area contributed by atoms with Crippen LogP contribution in [-0.4, -0.2) is 21.4 Å². The van der Waals surface area contributed by atoms with Crippen LogP contribution in [0, 0.1) is 0 Å². The molecule has 0 spiro atoms. The van der Waals surface area contributed by atoms with Crippen molar-refractivity contribution in [2.75, 3.05) is 0 Å². The van der Waals surface area contributed by atoms with Crippen molar-refractivity contribution in [1.29, 1.82) is 0 Å². The van der Waals surface area contributed by atoms with E-state index in [0.717, 1.165) is 0 Å². The Labute approximate surface area is 91.3 Å². The van der Waals surface area contributed by atoms with Gasteiger partial charge in [0.2, 0.25) is 0 Å². The summed E-state index contributed by atoms with van der Waals surface area (Å²) in [5, 5.41) is 0. The molecule has 0 aliphatic carbocycles. The molecule has 1 heteroatoms. The molecule has 0 nitrogen and oxygen atoms in total. The summed E-state index contributed by atoms with van der Waals surface area (Å²) in [5.74, 6) is 0. The van der Waals surface area contributed by atoms with Crippen molar-refractivity contribution in [3.05, 3.63) is 12.2 Å². The van der Waals surface area contributed by atoms with Gasteiger partial charge in [0, 0.05) is 0 Å². The van der Waals surface area contributed by atoms with Crippen molar-refractivity contribution in [3.63, 3.8) is 0 Å². The van der Waals surface area contributed by atoms with Gasteiger partial charge in [-0.15, -0.1) is 0 Å². The molecule has 0 aromatic heterocycles. The van der Waals surface area contributed by atoms with Gasteiger partial charge in [-0.3, -0.25) is 0 Å². The first-order valence-electron chi connectivity index (χ1n) is 6.08. The summed E-state index contributed by atoms with van der Waals surface area (Å²) in [5.41, 5.74) is 0. The zero-order valence-corrected chi connectivity index (χ0v) is 12.4. The van der Waals surface area contributed by atoms with Crippen LogP contribution >= 0.6 is 0 Å². The molecule has 13 heavy (non-hydrogen) atoms. The van der Waals surface area contributed by atoms with E-state index >= 15 is 0 Å². The first-order valence-corrected chi connectivity index (χ1v) is 13.1. The van der Waals surface area contributed by atoms with Gasteiger partial charge >= 0.3 is 91.6 Å². The maximum absolute atomic E-state index is 2.47. The molecule has 0 fully saturated rings. The fourth-order valence-corrected chi connectivity index (χ4v) is 10.3. The molecule has 0 unspecified atom stereocenters. The number of allylic oxidation sites excluding steroid dienone is 2. The van der Waals surface area contributed by atoms with Gasteiger partial charge < -0.3 is 0 Å². The molecule has 1 aliphatic rings. The van der Waals surface area contributed by atoms with Crippen LogP contribution in [0.4, 0.5) is 0 Å². The Morgan fingerprint density at radius 1 is 1.08 bits per heavy atom. The van der Waals surface area contributed by atoms with Crippen LogP contribution < -0.4 is 0 Å². The quantitative estimate of drug-likeness (QED) is 0.500. The van der Waals surface area contributed by atoms with Gasteiger partial charge in [0.15, 0.2) is 0 Å². The van der Waals surface area contributed by atoms with E-state index in [-0.39, 0.29) is 0 Å². The van der Waals surface area contributed by atoms with Gasteiger partial charge in [0.1, 0.15) is 0 Å². The van der Waals surface area contributed by atoms with Crippen molar-refractivity contribution < 1.29 is 0 Å². The average Bonchev–Trinajstić information content (AvgIpc) is 2.19. The molecule has 0 saturated carbocycles. The first-order chi connectivity index (χ1) is 6.43. The summed E-state index contributed by atoms with van der Waals surface area (Å²) in [6.07, 6.45) is 13.7. The van der Waals surface area contributed by atoms with Crippen molar-refractivity contribution in [2.24, 2.45) is 0 Å². The van der Waals surface area contributed by atoms with Crippen molar-refractivity contribution in [2.45, 2.75) is 58.0 Å². The molecule has 74 valence electrons. The van der Waals surface area contributed by atoms with Crippen LogP contribution in [0.25, 0.3) is 0 Å². The molecule has 0 atom stereocenters. The van der Waals surface area contributed by atoms with Gasteiger partial charge in [0.25, 0.3) is 0 Å². The molecular weight excluding hydrogens is 259 g/mol. The normalized spacial score (nSPS) is 16.5. The molecule has 0 saturated heterocycles. The minimum atomic E-state index is -0.922. The molecule has 1 heterocycles. The Bertz CT molecular complexity index is 140. The summed E-state index contributed by atoms with van der Waals surface area (Å²) in [6.45, 7) is 2.30. The van der Waals surface area contributed by atoms with E-state index in [9.17, 15) is 0 Å². The van der Waals surface area contributed by atoms with Gasteiger partial charge in [-0.1, -0.05) is 0 Å². The third-order valence-corrected chi connectivity index (χ3v) is 12.6. The van der Waals surface area contributed by atoms with Crippen LogP contribution in [0.2, 0.25) is 12.5 Å². The Balaban J connectivity index is 1.90. The second-order valence-corrected chi connectivity index (χ2v) is 13.9. The predicted octanol–water partition coefficient (Wildman–Crippen LogP) is 4.41. The van der Waals surface area contributed by atoms with Crippen molar-refractivity contribution in [3.8, 4) is 0 Å². The molecular formula is C12H23In. The molecule has 1 aliphatic heterocycles. The van der Waals surface area contributed by atoms with E-state index in [1.807, 2.05) is 0 Å². The van der Waals surface area contributed by atoms with Crippen LogP contribution in [0.5, 0.6) is 0 Å². The third kappa shape index (κ3) is 5.83. The summed E-state index contributed by atoms with van der Waals surface area (Å²) >= 11 is -0.922. The number of unbranched alkanes of at least 4 members (excludes halogenated alkanes) is 4. The molecule has 1 rings (SSSR count). The van der Waals surface area contributed by atoms with Crippen LogP contribution in [0.3, 0.4) is 0 Å². The Morgan fingerprint density at radius 2 is 1.92 bits per heavy atom. The van der Waals surface area contributed by atoms with E-state index in [2.05, 4.69) is 19.1 Å². The fraction of sp³-hybridized carbons (Fsp3) is 0.833. The predicted molar refractivity (Wildman–Crippen MR) is 62.7 cm³/mol. The Hall–Kier alpha value is 0.610. The minimum absolute atomic E-state index is 0.922. The second kappa shape index (κ2) is 7.96. The maximum atomic E-state index is 2.47. The van der Waals surface area contributed by atoms with Gasteiger partial charge in [0.05, 0.1) is 0 Å². The SMILES string of the molecule is CCCCCC[CH2][In]1[CH2]C=CC[CH2]1. The Morgan fingerprint density at radius 3 is 2.62 bits per heavy atom. The zero-order valence-electron chi connectivity index (χ0n) is 9.10. The van der Waals surface area contributed by atoms with E-state index in [4.69, 9.17) is 0 Å². The monoisotopic (exact) mass is 282 g/mol. The zero-order chi connectivity index (χ0) is 9.36. The van der Waals surface area contributed by atoms with Crippen LogP contribution in [0.1, 0.15) is 45.4 Å². The standard InChI is InChI=1S/C7H15.C5H8.In/c1-3-5-7-6-4-2;1-3-5-4-2;/h1,3-7H2,2H3;3,5H,1-2,4H2;. The topological polar surface area (TPSA) is 0 Å². The summed E-state index contributed by atoms with van der Waals surface area (Å²) in [4.78, 5) is 0.